The minimum absolute atomic E-state index is 0.121. The van der Waals surface area contributed by atoms with Crippen molar-refractivity contribution in [2.45, 2.75) is 19.4 Å². The highest BCUT2D eigenvalue weighted by molar-refractivity contribution is 5.94. The Bertz CT molecular complexity index is 398. The van der Waals surface area contributed by atoms with Gasteiger partial charge in [0.25, 0.3) is 5.91 Å². The predicted octanol–water partition coefficient (Wildman–Crippen LogP) is 0.792. The summed E-state index contributed by atoms with van der Waals surface area (Å²) in [6.45, 7) is 3.57. The summed E-state index contributed by atoms with van der Waals surface area (Å²) in [5.41, 5.74) is 1.29. The number of nitrogens with one attached hydrogen (secondary N) is 2. The lowest BCUT2D eigenvalue weighted by molar-refractivity contribution is 0.0939. The largest absolute Gasteiger partial charge is 0.508 e. The number of phenolic OH excluding ortho intramolecular Hbond substituents is 1. The zero-order chi connectivity index (χ0) is 11.5. The highest BCUT2D eigenvalue weighted by Gasteiger charge is 2.17. The fraction of sp³-hybridized carbons (Fsp3) is 0.417. The van der Waals surface area contributed by atoms with Crippen LogP contribution in [0.1, 0.15) is 22.3 Å². The van der Waals surface area contributed by atoms with Gasteiger partial charge < -0.3 is 15.7 Å². The first-order valence-corrected chi connectivity index (χ1v) is 5.48. The summed E-state index contributed by atoms with van der Waals surface area (Å²) in [4.78, 5) is 11.8. The normalized spacial score (nSPS) is 19.7. The highest BCUT2D eigenvalue weighted by atomic mass is 16.3. The van der Waals surface area contributed by atoms with Gasteiger partial charge in [-0.25, -0.2) is 0 Å². The second-order valence-corrected chi connectivity index (χ2v) is 4.16. The maximum Gasteiger partial charge on any atom is 0.251 e. The van der Waals surface area contributed by atoms with Gasteiger partial charge in [-0.2, -0.15) is 0 Å². The number of benzene rings is 1. The summed E-state index contributed by atoms with van der Waals surface area (Å²) in [7, 11) is 0. The smallest absolute Gasteiger partial charge is 0.251 e. The average molecular weight is 220 g/mol. The Hall–Kier alpha value is -1.55. The van der Waals surface area contributed by atoms with Crippen molar-refractivity contribution in [2.75, 3.05) is 13.1 Å². The molecule has 1 heterocycles. The van der Waals surface area contributed by atoms with Gasteiger partial charge >= 0.3 is 0 Å². The first kappa shape index (κ1) is 11.0. The van der Waals surface area contributed by atoms with Crippen molar-refractivity contribution in [3.8, 4) is 5.75 Å². The Morgan fingerprint density at radius 2 is 2.38 bits per heavy atom. The van der Waals surface area contributed by atoms with Gasteiger partial charge in [-0.05, 0) is 37.6 Å². The third-order valence-electron chi connectivity index (χ3n) is 2.87. The van der Waals surface area contributed by atoms with Crippen LogP contribution in [0.5, 0.6) is 5.75 Å². The molecule has 2 rings (SSSR count). The van der Waals surface area contributed by atoms with E-state index in [9.17, 15) is 9.90 Å². The fourth-order valence-electron chi connectivity index (χ4n) is 1.80. The molecule has 0 radical (unpaired) electrons. The number of aryl methyl sites for hydroxylation is 1. The third-order valence-corrected chi connectivity index (χ3v) is 2.87. The van der Waals surface area contributed by atoms with Crippen LogP contribution in [0.2, 0.25) is 0 Å². The molecule has 0 bridgehead atoms. The third kappa shape index (κ3) is 2.33. The zero-order valence-corrected chi connectivity index (χ0v) is 9.29. The Kier molecular flexibility index (Phi) is 3.10. The van der Waals surface area contributed by atoms with Crippen LogP contribution in [0.25, 0.3) is 0 Å². The fourth-order valence-corrected chi connectivity index (χ4v) is 1.80. The average Bonchev–Trinajstić information content (AvgIpc) is 2.74. The molecule has 1 fully saturated rings. The number of hydrogen-bond acceptors (Lipinski definition) is 3. The molecule has 0 saturated carbocycles. The molecule has 16 heavy (non-hydrogen) atoms. The highest BCUT2D eigenvalue weighted by Crippen LogP contribution is 2.17. The minimum atomic E-state index is -0.121. The van der Waals surface area contributed by atoms with Crippen LogP contribution in [0.15, 0.2) is 18.2 Å². The molecule has 1 aliphatic rings. The number of rotatable bonds is 2. The lowest BCUT2D eigenvalue weighted by Crippen LogP contribution is -2.36. The second kappa shape index (κ2) is 4.53. The van der Waals surface area contributed by atoms with Crippen molar-refractivity contribution in [2.24, 2.45) is 0 Å². The maximum absolute atomic E-state index is 11.8. The van der Waals surface area contributed by atoms with E-state index < -0.39 is 0 Å². The van der Waals surface area contributed by atoms with Crippen LogP contribution in [-0.2, 0) is 0 Å². The molecule has 1 amide bonds. The van der Waals surface area contributed by atoms with Gasteiger partial charge in [-0.1, -0.05) is 6.07 Å². The molecule has 0 unspecified atom stereocenters. The molecular formula is C12H16N2O2. The van der Waals surface area contributed by atoms with Crippen LogP contribution < -0.4 is 10.6 Å². The van der Waals surface area contributed by atoms with Crippen molar-refractivity contribution >= 4 is 5.91 Å². The quantitative estimate of drug-likeness (QED) is 0.690. The van der Waals surface area contributed by atoms with Gasteiger partial charge in [0.05, 0.1) is 0 Å². The van der Waals surface area contributed by atoms with Crippen LogP contribution in [-0.4, -0.2) is 30.1 Å². The van der Waals surface area contributed by atoms with Gasteiger partial charge in [-0.15, -0.1) is 0 Å². The van der Waals surface area contributed by atoms with E-state index in [1.54, 1.807) is 19.1 Å². The number of hydrogen-bond donors (Lipinski definition) is 3. The Balaban J connectivity index is 2.05. The molecule has 4 nitrogen and oxygen atoms in total. The van der Waals surface area contributed by atoms with Crippen LogP contribution >= 0.6 is 0 Å². The molecule has 4 heteroatoms. The van der Waals surface area contributed by atoms with E-state index in [2.05, 4.69) is 10.6 Å². The first-order valence-electron chi connectivity index (χ1n) is 5.48. The van der Waals surface area contributed by atoms with Crippen LogP contribution in [0.3, 0.4) is 0 Å². The standard InChI is InChI=1S/C12H16N2O2/c1-8-2-3-9(6-11(8)15)12(16)14-10-4-5-13-7-10/h2-3,6,10,13,15H,4-5,7H2,1H3,(H,14,16)/t10-/m0/s1. The maximum atomic E-state index is 11.8. The number of carbonyl (C=O) groups is 1. The molecule has 0 spiro atoms. The van der Waals surface area contributed by atoms with E-state index in [-0.39, 0.29) is 17.7 Å². The molecular weight excluding hydrogens is 204 g/mol. The van der Waals surface area contributed by atoms with Gasteiger partial charge in [0.1, 0.15) is 5.75 Å². The topological polar surface area (TPSA) is 61.4 Å². The van der Waals surface area contributed by atoms with Gasteiger partial charge in [0.2, 0.25) is 0 Å². The molecule has 0 aliphatic carbocycles. The summed E-state index contributed by atoms with van der Waals surface area (Å²) >= 11 is 0. The SMILES string of the molecule is Cc1ccc(C(=O)N[C@H]2CCNC2)cc1O. The molecule has 1 aliphatic heterocycles. The van der Waals surface area contributed by atoms with Gasteiger partial charge in [0.15, 0.2) is 0 Å². The number of phenols is 1. The van der Waals surface area contributed by atoms with Crippen LogP contribution in [0, 0.1) is 6.92 Å². The number of carbonyl (C=O) groups excluding carboxylic acids is 1. The Morgan fingerprint density at radius 3 is 3.00 bits per heavy atom. The van der Waals surface area contributed by atoms with E-state index in [0.29, 0.717) is 5.56 Å². The van der Waals surface area contributed by atoms with E-state index >= 15 is 0 Å². The van der Waals surface area contributed by atoms with E-state index in [1.807, 2.05) is 0 Å². The molecule has 1 saturated heterocycles. The number of amides is 1. The Labute approximate surface area is 94.7 Å². The lowest BCUT2D eigenvalue weighted by atomic mass is 10.1. The van der Waals surface area contributed by atoms with E-state index in [4.69, 9.17) is 0 Å². The van der Waals surface area contributed by atoms with E-state index in [0.717, 1.165) is 25.1 Å². The van der Waals surface area contributed by atoms with Gasteiger partial charge in [0, 0.05) is 18.2 Å². The summed E-state index contributed by atoms with van der Waals surface area (Å²) in [5, 5.41) is 15.6. The van der Waals surface area contributed by atoms with Crippen molar-refractivity contribution < 1.29 is 9.90 Å². The number of aromatic hydroxyl groups is 1. The monoisotopic (exact) mass is 220 g/mol. The summed E-state index contributed by atoms with van der Waals surface area (Å²) < 4.78 is 0. The predicted molar refractivity (Wildman–Crippen MR) is 61.6 cm³/mol. The van der Waals surface area contributed by atoms with Gasteiger partial charge in [-0.3, -0.25) is 4.79 Å². The molecule has 86 valence electrons. The second-order valence-electron chi connectivity index (χ2n) is 4.16. The van der Waals surface area contributed by atoms with Crippen molar-refractivity contribution in [3.05, 3.63) is 29.3 Å². The molecule has 1 aromatic rings. The van der Waals surface area contributed by atoms with E-state index in [1.165, 1.54) is 6.07 Å². The van der Waals surface area contributed by atoms with Crippen molar-refractivity contribution in [1.82, 2.24) is 10.6 Å². The first-order chi connectivity index (χ1) is 7.66. The van der Waals surface area contributed by atoms with Crippen molar-refractivity contribution in [1.29, 1.82) is 0 Å². The summed E-state index contributed by atoms with van der Waals surface area (Å²) in [5.74, 6) is 0.0428. The molecule has 3 N–H and O–H groups in total. The Morgan fingerprint density at radius 1 is 1.56 bits per heavy atom. The van der Waals surface area contributed by atoms with Crippen molar-refractivity contribution in [3.63, 3.8) is 0 Å². The molecule has 1 atom stereocenters. The zero-order valence-electron chi connectivity index (χ0n) is 9.29. The summed E-state index contributed by atoms with van der Waals surface area (Å²) in [6.07, 6.45) is 0.962. The minimum Gasteiger partial charge on any atom is -0.508 e. The molecule has 1 aromatic carbocycles. The molecule has 0 aromatic heterocycles. The lowest BCUT2D eigenvalue weighted by Gasteiger charge is -2.11. The summed E-state index contributed by atoms with van der Waals surface area (Å²) in [6, 6.07) is 5.19. The van der Waals surface area contributed by atoms with Crippen LogP contribution in [0.4, 0.5) is 0 Å².